The molecule has 4 heteroatoms. The second-order valence-electron chi connectivity index (χ2n) is 7.16. The van der Waals surface area contributed by atoms with E-state index in [1.807, 2.05) is 6.20 Å². The molecular formula is C20H22N4. The van der Waals surface area contributed by atoms with E-state index >= 15 is 0 Å². The van der Waals surface area contributed by atoms with Gasteiger partial charge in [0.05, 0.1) is 11.7 Å². The number of anilines is 1. The summed E-state index contributed by atoms with van der Waals surface area (Å²) in [5.74, 6) is 0.763. The molecule has 1 aromatic heterocycles. The Hall–Kier alpha value is -2.33. The lowest BCUT2D eigenvalue weighted by Gasteiger charge is -2.27. The Kier molecular flexibility index (Phi) is 3.30. The Morgan fingerprint density at radius 3 is 2.96 bits per heavy atom. The summed E-state index contributed by atoms with van der Waals surface area (Å²) in [7, 11) is 0. The summed E-state index contributed by atoms with van der Waals surface area (Å²) in [6.45, 7) is 2.28. The van der Waals surface area contributed by atoms with Gasteiger partial charge in [-0.1, -0.05) is 30.3 Å². The van der Waals surface area contributed by atoms with Crippen LogP contribution in [0, 0.1) is 5.92 Å². The zero-order chi connectivity index (χ0) is 15.9. The van der Waals surface area contributed by atoms with Gasteiger partial charge in [0, 0.05) is 36.2 Å². The van der Waals surface area contributed by atoms with Crippen molar-refractivity contribution in [3.63, 3.8) is 0 Å². The van der Waals surface area contributed by atoms with Crippen LogP contribution >= 0.6 is 0 Å². The fourth-order valence-electron chi connectivity index (χ4n) is 4.55. The average Bonchev–Trinajstić information content (AvgIpc) is 3.30. The van der Waals surface area contributed by atoms with Crippen molar-refractivity contribution in [2.45, 2.75) is 31.5 Å². The summed E-state index contributed by atoms with van der Waals surface area (Å²) in [5, 5.41) is 12.1. The van der Waals surface area contributed by atoms with Gasteiger partial charge in [-0.2, -0.15) is 5.10 Å². The fourth-order valence-corrected chi connectivity index (χ4v) is 4.55. The monoisotopic (exact) mass is 318 g/mol. The van der Waals surface area contributed by atoms with E-state index in [0.717, 1.165) is 18.0 Å². The number of H-pyrrole nitrogens is 1. The zero-order valence-corrected chi connectivity index (χ0v) is 13.7. The molecule has 3 atom stereocenters. The molecule has 1 saturated heterocycles. The number of fused-ring (bicyclic) bond motifs is 3. The van der Waals surface area contributed by atoms with Crippen molar-refractivity contribution in [3.8, 4) is 0 Å². The molecule has 2 N–H and O–H groups in total. The van der Waals surface area contributed by atoms with Crippen LogP contribution < -0.4 is 5.32 Å². The lowest BCUT2D eigenvalue weighted by atomic mass is 10.1. The highest BCUT2D eigenvalue weighted by Gasteiger charge is 2.46. The first-order valence-corrected chi connectivity index (χ1v) is 8.84. The van der Waals surface area contributed by atoms with Crippen LogP contribution in [-0.4, -0.2) is 33.7 Å². The van der Waals surface area contributed by atoms with Gasteiger partial charge in [0.25, 0.3) is 0 Å². The Morgan fingerprint density at radius 2 is 2.04 bits per heavy atom. The van der Waals surface area contributed by atoms with Crippen LogP contribution in [0.25, 0.3) is 10.9 Å². The SMILES string of the molecule is c1ccc(CN2CC3CCC2C3Nc2ccc3[nH]ncc3c2)cc1. The maximum absolute atomic E-state index is 4.11. The summed E-state index contributed by atoms with van der Waals surface area (Å²) >= 11 is 0. The summed E-state index contributed by atoms with van der Waals surface area (Å²) in [6.07, 6.45) is 4.55. The highest BCUT2D eigenvalue weighted by Crippen LogP contribution is 2.40. The standard InChI is InChI=1S/C20H22N4/c1-2-4-14(5-3-1)12-24-13-15-6-9-19(24)20(15)22-17-7-8-18-16(10-17)11-21-23-18/h1-5,7-8,10-11,15,19-20,22H,6,9,12-13H2,(H,21,23). The first-order valence-electron chi connectivity index (χ1n) is 8.84. The maximum atomic E-state index is 4.11. The van der Waals surface area contributed by atoms with Crippen LogP contribution in [0.1, 0.15) is 18.4 Å². The predicted molar refractivity (Wildman–Crippen MR) is 96.9 cm³/mol. The minimum Gasteiger partial charge on any atom is -0.380 e. The van der Waals surface area contributed by atoms with Gasteiger partial charge in [-0.25, -0.2) is 0 Å². The van der Waals surface area contributed by atoms with Gasteiger partial charge < -0.3 is 5.32 Å². The quantitative estimate of drug-likeness (QED) is 0.772. The Morgan fingerprint density at radius 1 is 1.12 bits per heavy atom. The maximum Gasteiger partial charge on any atom is 0.0651 e. The van der Waals surface area contributed by atoms with Gasteiger partial charge in [0.15, 0.2) is 0 Å². The van der Waals surface area contributed by atoms with E-state index in [1.54, 1.807) is 0 Å². The smallest absolute Gasteiger partial charge is 0.0651 e. The van der Waals surface area contributed by atoms with Gasteiger partial charge in [0.1, 0.15) is 0 Å². The highest BCUT2D eigenvalue weighted by atomic mass is 15.2. The normalized spacial score (nSPS) is 26.2. The second kappa shape index (κ2) is 5.64. The molecule has 2 fully saturated rings. The number of hydrogen-bond donors (Lipinski definition) is 2. The largest absolute Gasteiger partial charge is 0.380 e. The minimum absolute atomic E-state index is 0.568. The number of likely N-dealkylation sites (tertiary alicyclic amines) is 1. The topological polar surface area (TPSA) is 44.0 Å². The van der Waals surface area contributed by atoms with Crippen molar-refractivity contribution in [1.82, 2.24) is 15.1 Å². The van der Waals surface area contributed by atoms with E-state index in [2.05, 4.69) is 68.9 Å². The van der Waals surface area contributed by atoms with Gasteiger partial charge >= 0.3 is 0 Å². The summed E-state index contributed by atoms with van der Waals surface area (Å²) < 4.78 is 0. The third-order valence-corrected chi connectivity index (χ3v) is 5.70. The molecule has 1 aliphatic heterocycles. The fraction of sp³-hybridized carbons (Fsp3) is 0.350. The molecule has 1 saturated carbocycles. The Bertz CT molecular complexity index is 841. The second-order valence-corrected chi connectivity index (χ2v) is 7.16. The van der Waals surface area contributed by atoms with Gasteiger partial charge in [-0.05, 0) is 42.5 Å². The first kappa shape index (κ1) is 14.1. The van der Waals surface area contributed by atoms with E-state index < -0.39 is 0 Å². The van der Waals surface area contributed by atoms with E-state index in [0.29, 0.717) is 12.1 Å². The molecule has 2 bridgehead atoms. The van der Waals surface area contributed by atoms with Crippen molar-refractivity contribution in [3.05, 3.63) is 60.3 Å². The van der Waals surface area contributed by atoms with E-state index in [1.165, 1.54) is 36.0 Å². The molecule has 2 aliphatic rings. The van der Waals surface area contributed by atoms with Crippen molar-refractivity contribution in [1.29, 1.82) is 0 Å². The van der Waals surface area contributed by atoms with Crippen LogP contribution in [0.15, 0.2) is 54.7 Å². The zero-order valence-electron chi connectivity index (χ0n) is 13.7. The lowest BCUT2D eigenvalue weighted by molar-refractivity contribution is 0.204. The molecule has 3 aromatic rings. The van der Waals surface area contributed by atoms with Crippen LogP contribution in [0.4, 0.5) is 5.69 Å². The van der Waals surface area contributed by atoms with Gasteiger partial charge in [0.2, 0.25) is 0 Å². The molecule has 122 valence electrons. The summed E-state index contributed by atoms with van der Waals surface area (Å²) in [6, 6.07) is 18.5. The molecule has 0 amide bonds. The number of nitrogens with zero attached hydrogens (tertiary/aromatic N) is 2. The molecule has 2 heterocycles. The van der Waals surface area contributed by atoms with Gasteiger partial charge in [-0.15, -0.1) is 0 Å². The van der Waals surface area contributed by atoms with Crippen molar-refractivity contribution < 1.29 is 0 Å². The van der Waals surface area contributed by atoms with E-state index in [9.17, 15) is 0 Å². The number of nitrogens with one attached hydrogen (secondary N) is 2. The number of rotatable bonds is 4. The average molecular weight is 318 g/mol. The number of aromatic nitrogens is 2. The van der Waals surface area contributed by atoms with Gasteiger partial charge in [-0.3, -0.25) is 10.00 Å². The van der Waals surface area contributed by atoms with Crippen LogP contribution in [0.2, 0.25) is 0 Å². The van der Waals surface area contributed by atoms with E-state index in [-0.39, 0.29) is 0 Å². The molecule has 5 rings (SSSR count). The first-order chi connectivity index (χ1) is 11.9. The Labute approximate surface area is 141 Å². The van der Waals surface area contributed by atoms with E-state index in [4.69, 9.17) is 0 Å². The number of aromatic amines is 1. The van der Waals surface area contributed by atoms with Crippen molar-refractivity contribution in [2.24, 2.45) is 5.92 Å². The number of benzene rings is 2. The molecule has 1 aliphatic carbocycles. The van der Waals surface area contributed by atoms with Crippen LogP contribution in [0.5, 0.6) is 0 Å². The lowest BCUT2D eigenvalue weighted by Crippen LogP contribution is -2.36. The third-order valence-electron chi connectivity index (χ3n) is 5.70. The third kappa shape index (κ3) is 2.38. The van der Waals surface area contributed by atoms with Crippen LogP contribution in [0.3, 0.4) is 0 Å². The number of hydrogen-bond acceptors (Lipinski definition) is 3. The molecule has 3 unspecified atom stereocenters. The number of piperidine rings is 1. The van der Waals surface area contributed by atoms with Crippen LogP contribution in [-0.2, 0) is 6.54 Å². The molecule has 2 aromatic carbocycles. The summed E-state index contributed by atoms with van der Waals surface area (Å²) in [4.78, 5) is 2.66. The minimum atomic E-state index is 0.568. The Balaban J connectivity index is 1.33. The van der Waals surface area contributed by atoms with Crippen molar-refractivity contribution in [2.75, 3.05) is 11.9 Å². The summed E-state index contributed by atoms with van der Waals surface area (Å²) in [5.41, 5.74) is 3.73. The predicted octanol–water partition coefficient (Wildman–Crippen LogP) is 3.64. The molecule has 0 radical (unpaired) electrons. The van der Waals surface area contributed by atoms with Crippen molar-refractivity contribution >= 4 is 16.6 Å². The molecule has 4 nitrogen and oxygen atoms in total. The molecule has 24 heavy (non-hydrogen) atoms. The highest BCUT2D eigenvalue weighted by molar-refractivity contribution is 5.81. The molecular weight excluding hydrogens is 296 g/mol. The molecule has 0 spiro atoms.